The summed E-state index contributed by atoms with van der Waals surface area (Å²) in [6.07, 6.45) is 5.25. The van der Waals surface area contributed by atoms with Crippen molar-refractivity contribution >= 4 is 35.1 Å². The van der Waals surface area contributed by atoms with Gasteiger partial charge in [0.1, 0.15) is 6.04 Å². The standard InChI is InChI=1S/C22H30ClN3O6/c1-13(2)19(25-21(28)17-11-10-16(26(30)31)12-18(17)23)22(29)32-14(3)20(27)24-15-8-6-4-5-7-9-15/h10-15,19H,4-9H2,1-3H3,(H,24,27)(H,25,28)/t14-,19-/m0/s1. The number of nitrogens with zero attached hydrogens (tertiary/aromatic N) is 1. The summed E-state index contributed by atoms with van der Waals surface area (Å²) in [5.41, 5.74) is -0.255. The first kappa shape index (κ1) is 25.6. The number of hydrogen-bond acceptors (Lipinski definition) is 6. The van der Waals surface area contributed by atoms with Gasteiger partial charge in [0.2, 0.25) is 0 Å². The molecule has 32 heavy (non-hydrogen) atoms. The summed E-state index contributed by atoms with van der Waals surface area (Å²) >= 11 is 6.01. The third kappa shape index (κ3) is 7.19. The van der Waals surface area contributed by atoms with Gasteiger partial charge in [-0.25, -0.2) is 4.79 Å². The number of hydrogen-bond donors (Lipinski definition) is 2. The molecule has 1 saturated carbocycles. The van der Waals surface area contributed by atoms with Crippen LogP contribution in [0.15, 0.2) is 18.2 Å². The second-order valence-corrected chi connectivity index (χ2v) is 8.80. The lowest BCUT2D eigenvalue weighted by molar-refractivity contribution is -0.384. The van der Waals surface area contributed by atoms with Crippen LogP contribution in [-0.2, 0) is 14.3 Å². The smallest absolute Gasteiger partial charge is 0.329 e. The summed E-state index contributed by atoms with van der Waals surface area (Å²) in [5, 5.41) is 16.2. The SMILES string of the molecule is CC(C)[C@H](NC(=O)c1ccc([N+](=O)[O-])cc1Cl)C(=O)O[C@@H](C)C(=O)NC1CCCCCC1. The fraction of sp³-hybridized carbons (Fsp3) is 0.591. The van der Waals surface area contributed by atoms with Crippen LogP contribution in [0.2, 0.25) is 5.02 Å². The third-order valence-corrected chi connectivity index (χ3v) is 5.79. The van der Waals surface area contributed by atoms with Crippen LogP contribution in [-0.4, -0.2) is 40.9 Å². The number of non-ortho nitro benzene ring substituents is 1. The van der Waals surface area contributed by atoms with Crippen LogP contribution in [0.25, 0.3) is 0 Å². The molecule has 1 aliphatic carbocycles. The van der Waals surface area contributed by atoms with Gasteiger partial charge >= 0.3 is 5.97 Å². The van der Waals surface area contributed by atoms with Gasteiger partial charge in [0.05, 0.1) is 15.5 Å². The molecule has 0 heterocycles. The minimum Gasteiger partial charge on any atom is -0.451 e. The Morgan fingerprint density at radius 3 is 2.28 bits per heavy atom. The summed E-state index contributed by atoms with van der Waals surface area (Å²) in [6.45, 7) is 4.94. The molecule has 0 aliphatic heterocycles. The van der Waals surface area contributed by atoms with Gasteiger partial charge in [0, 0.05) is 18.2 Å². The molecule has 2 atom stereocenters. The lowest BCUT2D eigenvalue weighted by Crippen LogP contribution is -2.48. The highest BCUT2D eigenvalue weighted by Crippen LogP contribution is 2.23. The molecule has 0 unspecified atom stereocenters. The number of amides is 2. The molecule has 2 rings (SSSR count). The molecule has 2 amide bonds. The first-order valence-corrected chi connectivity index (χ1v) is 11.2. The zero-order valence-electron chi connectivity index (χ0n) is 18.6. The van der Waals surface area contributed by atoms with Crippen LogP contribution in [0, 0.1) is 16.0 Å². The first-order chi connectivity index (χ1) is 15.1. The highest BCUT2D eigenvalue weighted by atomic mass is 35.5. The summed E-state index contributed by atoms with van der Waals surface area (Å²) in [7, 11) is 0. The van der Waals surface area contributed by atoms with E-state index in [-0.39, 0.29) is 34.1 Å². The minimum atomic E-state index is -1.03. The van der Waals surface area contributed by atoms with E-state index in [2.05, 4.69) is 10.6 Å². The summed E-state index contributed by atoms with van der Waals surface area (Å²) in [4.78, 5) is 48.0. The number of nitro benzene ring substituents is 1. The van der Waals surface area contributed by atoms with E-state index in [1.807, 2.05) is 0 Å². The predicted octanol–water partition coefficient (Wildman–Crippen LogP) is 3.77. The largest absolute Gasteiger partial charge is 0.451 e. The fourth-order valence-electron chi connectivity index (χ4n) is 3.56. The van der Waals surface area contributed by atoms with E-state index in [0.29, 0.717) is 0 Å². The van der Waals surface area contributed by atoms with Crippen LogP contribution >= 0.6 is 11.6 Å². The Labute approximate surface area is 192 Å². The Hall–Kier alpha value is -2.68. The molecule has 0 aromatic heterocycles. The van der Waals surface area contributed by atoms with Crippen molar-refractivity contribution in [1.82, 2.24) is 10.6 Å². The van der Waals surface area contributed by atoms with Crippen LogP contribution in [0.5, 0.6) is 0 Å². The number of nitro groups is 1. The second-order valence-electron chi connectivity index (χ2n) is 8.39. The lowest BCUT2D eigenvalue weighted by atomic mass is 10.0. The molecule has 1 aromatic rings. The molecule has 1 fully saturated rings. The molecule has 1 aliphatic rings. The Bertz CT molecular complexity index is 852. The van der Waals surface area contributed by atoms with Crippen molar-refractivity contribution in [2.75, 3.05) is 0 Å². The number of ether oxygens (including phenoxy) is 1. The van der Waals surface area contributed by atoms with Crippen molar-refractivity contribution < 1.29 is 24.0 Å². The number of carbonyl (C=O) groups is 3. The molecular formula is C22H30ClN3O6. The minimum absolute atomic E-state index is 0.00475. The van der Waals surface area contributed by atoms with E-state index in [9.17, 15) is 24.5 Å². The summed E-state index contributed by atoms with van der Waals surface area (Å²) < 4.78 is 5.34. The van der Waals surface area contributed by atoms with Crippen LogP contribution in [0.3, 0.4) is 0 Å². The van der Waals surface area contributed by atoms with E-state index >= 15 is 0 Å². The van der Waals surface area contributed by atoms with E-state index in [1.165, 1.54) is 13.0 Å². The average molecular weight is 468 g/mol. The van der Waals surface area contributed by atoms with Gasteiger partial charge in [0.15, 0.2) is 6.10 Å². The zero-order chi connectivity index (χ0) is 23.8. The predicted molar refractivity (Wildman–Crippen MR) is 119 cm³/mol. The molecule has 0 saturated heterocycles. The Morgan fingerprint density at radius 2 is 1.75 bits per heavy atom. The highest BCUT2D eigenvalue weighted by Gasteiger charge is 2.30. The summed E-state index contributed by atoms with van der Waals surface area (Å²) in [6, 6.07) is 2.50. The Balaban J connectivity index is 2.00. The van der Waals surface area contributed by atoms with Gasteiger partial charge < -0.3 is 15.4 Å². The molecule has 0 bridgehead atoms. The number of rotatable bonds is 8. The number of benzene rings is 1. The van der Waals surface area contributed by atoms with Crippen molar-refractivity contribution in [3.05, 3.63) is 38.9 Å². The van der Waals surface area contributed by atoms with Crippen LogP contribution < -0.4 is 10.6 Å². The maximum absolute atomic E-state index is 12.7. The third-order valence-electron chi connectivity index (χ3n) is 5.48. The monoisotopic (exact) mass is 467 g/mol. The topological polar surface area (TPSA) is 128 Å². The normalized spacial score (nSPS) is 16.5. The van der Waals surface area contributed by atoms with Gasteiger partial charge in [-0.1, -0.05) is 51.1 Å². The molecule has 0 spiro atoms. The van der Waals surface area contributed by atoms with Crippen molar-refractivity contribution in [2.45, 2.75) is 77.5 Å². The Kier molecular flexibility index (Phi) is 9.43. The summed E-state index contributed by atoms with van der Waals surface area (Å²) in [5.74, 6) is -2.11. The van der Waals surface area contributed by atoms with Crippen molar-refractivity contribution in [1.29, 1.82) is 0 Å². The molecule has 9 nitrogen and oxygen atoms in total. The number of halogens is 1. The maximum Gasteiger partial charge on any atom is 0.329 e. The van der Waals surface area contributed by atoms with Crippen molar-refractivity contribution in [3.8, 4) is 0 Å². The number of nitrogens with one attached hydrogen (secondary N) is 2. The fourth-order valence-corrected chi connectivity index (χ4v) is 3.82. The quantitative estimate of drug-likeness (QED) is 0.259. The van der Waals surface area contributed by atoms with Gasteiger partial charge in [-0.3, -0.25) is 19.7 Å². The average Bonchev–Trinajstić information content (AvgIpc) is 2.99. The van der Waals surface area contributed by atoms with Gasteiger partial charge in [-0.2, -0.15) is 0 Å². The molecule has 2 N–H and O–H groups in total. The van der Waals surface area contributed by atoms with Crippen molar-refractivity contribution in [3.63, 3.8) is 0 Å². The number of esters is 1. The van der Waals surface area contributed by atoms with E-state index in [0.717, 1.165) is 50.7 Å². The van der Waals surface area contributed by atoms with Crippen LogP contribution in [0.1, 0.15) is 69.7 Å². The molecular weight excluding hydrogens is 438 g/mol. The highest BCUT2D eigenvalue weighted by molar-refractivity contribution is 6.34. The van der Waals surface area contributed by atoms with E-state index < -0.39 is 28.9 Å². The Morgan fingerprint density at radius 1 is 1.12 bits per heavy atom. The van der Waals surface area contributed by atoms with Gasteiger partial charge in [-0.05, 0) is 31.7 Å². The maximum atomic E-state index is 12.7. The lowest BCUT2D eigenvalue weighted by Gasteiger charge is -2.24. The molecule has 1 aromatic carbocycles. The second kappa shape index (κ2) is 11.8. The van der Waals surface area contributed by atoms with Gasteiger partial charge in [-0.15, -0.1) is 0 Å². The molecule has 176 valence electrons. The molecule has 10 heteroatoms. The van der Waals surface area contributed by atoms with Gasteiger partial charge in [0.25, 0.3) is 17.5 Å². The van der Waals surface area contributed by atoms with E-state index in [4.69, 9.17) is 16.3 Å². The molecule has 0 radical (unpaired) electrons. The van der Waals surface area contributed by atoms with E-state index in [1.54, 1.807) is 13.8 Å². The van der Waals surface area contributed by atoms with Crippen LogP contribution in [0.4, 0.5) is 5.69 Å². The van der Waals surface area contributed by atoms with Crippen molar-refractivity contribution in [2.24, 2.45) is 5.92 Å². The number of carbonyl (C=O) groups excluding carboxylic acids is 3. The zero-order valence-corrected chi connectivity index (χ0v) is 19.3. The first-order valence-electron chi connectivity index (χ1n) is 10.9.